The van der Waals surface area contributed by atoms with E-state index in [9.17, 15) is 0 Å². The lowest BCUT2D eigenvalue weighted by atomic mass is 10.1. The van der Waals surface area contributed by atoms with Crippen LogP contribution in [0.2, 0.25) is 0 Å². The van der Waals surface area contributed by atoms with E-state index in [4.69, 9.17) is 11.1 Å². The summed E-state index contributed by atoms with van der Waals surface area (Å²) in [5.74, 6) is 1.09. The molecule has 0 saturated carbocycles. The summed E-state index contributed by atoms with van der Waals surface area (Å²) in [7, 11) is 0. The van der Waals surface area contributed by atoms with E-state index < -0.39 is 0 Å². The van der Waals surface area contributed by atoms with Gasteiger partial charge in [-0.1, -0.05) is 30.3 Å². The number of aryl methyl sites for hydroxylation is 1. The molecule has 92 valence electrons. The van der Waals surface area contributed by atoms with Crippen molar-refractivity contribution >= 4 is 17.6 Å². The minimum Gasteiger partial charge on any atom is -0.384 e. The summed E-state index contributed by atoms with van der Waals surface area (Å²) in [5.41, 5.74) is 8.70. The Bertz CT molecular complexity index is 550. The smallest absolute Gasteiger partial charge is 0.123 e. The predicted molar refractivity (Wildman–Crippen MR) is 78.2 cm³/mol. The Labute approximate surface area is 112 Å². The first-order chi connectivity index (χ1) is 8.66. The first-order valence-corrected chi connectivity index (χ1v) is 6.77. The Balaban J connectivity index is 2.07. The van der Waals surface area contributed by atoms with Crippen LogP contribution >= 0.6 is 11.8 Å². The molecule has 0 heterocycles. The number of thioether (sulfide) groups is 1. The van der Waals surface area contributed by atoms with E-state index in [0.717, 1.165) is 16.9 Å². The van der Waals surface area contributed by atoms with Gasteiger partial charge in [-0.2, -0.15) is 0 Å². The molecule has 0 amide bonds. The summed E-state index contributed by atoms with van der Waals surface area (Å²) in [6, 6.07) is 16.4. The third kappa shape index (κ3) is 3.14. The zero-order valence-corrected chi connectivity index (χ0v) is 11.1. The first-order valence-electron chi connectivity index (χ1n) is 5.78. The number of nitrogens with one attached hydrogen (secondary N) is 1. The standard InChI is InChI=1S/C15H16N2S/c1-11-9-13(7-8-14(11)15(16)17)18-10-12-5-3-2-4-6-12/h2-9H,10H2,1H3,(H3,16,17). The lowest BCUT2D eigenvalue weighted by molar-refractivity contribution is 1.30. The van der Waals surface area contributed by atoms with Crippen LogP contribution in [0.25, 0.3) is 0 Å². The Kier molecular flexibility index (Phi) is 4.05. The summed E-state index contributed by atoms with van der Waals surface area (Å²) in [4.78, 5) is 1.21. The van der Waals surface area contributed by atoms with Crippen molar-refractivity contribution in [1.82, 2.24) is 0 Å². The highest BCUT2D eigenvalue weighted by Gasteiger charge is 2.03. The van der Waals surface area contributed by atoms with Crippen molar-refractivity contribution in [3.8, 4) is 0 Å². The maximum atomic E-state index is 7.45. The average Bonchev–Trinajstić information content (AvgIpc) is 2.37. The van der Waals surface area contributed by atoms with Crippen molar-refractivity contribution in [1.29, 1.82) is 5.41 Å². The van der Waals surface area contributed by atoms with E-state index in [2.05, 4.69) is 30.3 Å². The molecule has 3 N–H and O–H groups in total. The van der Waals surface area contributed by atoms with Gasteiger partial charge in [0, 0.05) is 16.2 Å². The van der Waals surface area contributed by atoms with Crippen LogP contribution in [0.1, 0.15) is 16.7 Å². The van der Waals surface area contributed by atoms with Gasteiger partial charge in [0.1, 0.15) is 5.84 Å². The molecule has 0 aliphatic rings. The zero-order valence-electron chi connectivity index (χ0n) is 10.3. The highest BCUT2D eigenvalue weighted by atomic mass is 32.2. The number of benzene rings is 2. The Hall–Kier alpha value is -1.74. The molecule has 0 spiro atoms. The van der Waals surface area contributed by atoms with E-state index in [-0.39, 0.29) is 5.84 Å². The zero-order chi connectivity index (χ0) is 13.0. The van der Waals surface area contributed by atoms with Crippen LogP contribution in [-0.4, -0.2) is 5.84 Å². The van der Waals surface area contributed by atoms with Crippen LogP contribution in [0.5, 0.6) is 0 Å². The molecule has 0 radical (unpaired) electrons. The van der Waals surface area contributed by atoms with Gasteiger partial charge in [-0.15, -0.1) is 11.8 Å². The highest BCUT2D eigenvalue weighted by Crippen LogP contribution is 2.24. The van der Waals surface area contributed by atoms with Crippen molar-refractivity contribution in [2.24, 2.45) is 5.73 Å². The normalized spacial score (nSPS) is 10.3. The van der Waals surface area contributed by atoms with Crippen LogP contribution < -0.4 is 5.73 Å². The molecule has 0 aliphatic heterocycles. The highest BCUT2D eigenvalue weighted by molar-refractivity contribution is 7.98. The molecule has 2 aromatic rings. The van der Waals surface area contributed by atoms with Gasteiger partial charge in [-0.3, -0.25) is 5.41 Å². The molecule has 0 atom stereocenters. The van der Waals surface area contributed by atoms with Gasteiger partial charge in [0.2, 0.25) is 0 Å². The lowest BCUT2D eigenvalue weighted by Crippen LogP contribution is -2.12. The molecular formula is C15H16N2S. The molecular weight excluding hydrogens is 240 g/mol. The second kappa shape index (κ2) is 5.74. The minimum atomic E-state index is 0.132. The molecule has 2 rings (SSSR count). The SMILES string of the molecule is Cc1cc(SCc2ccccc2)ccc1C(=N)N. The van der Waals surface area contributed by atoms with Crippen LogP contribution in [0.4, 0.5) is 0 Å². The summed E-state index contributed by atoms with van der Waals surface area (Å²) >= 11 is 1.80. The monoisotopic (exact) mass is 256 g/mol. The van der Waals surface area contributed by atoms with Crippen LogP contribution in [0.3, 0.4) is 0 Å². The molecule has 0 fully saturated rings. The topological polar surface area (TPSA) is 49.9 Å². The Morgan fingerprint density at radius 3 is 2.50 bits per heavy atom. The van der Waals surface area contributed by atoms with Crippen molar-refractivity contribution in [3.63, 3.8) is 0 Å². The van der Waals surface area contributed by atoms with Crippen LogP contribution in [-0.2, 0) is 5.75 Å². The Morgan fingerprint density at radius 2 is 1.89 bits per heavy atom. The lowest BCUT2D eigenvalue weighted by Gasteiger charge is -2.07. The minimum absolute atomic E-state index is 0.132. The van der Waals surface area contributed by atoms with Gasteiger partial charge in [-0.25, -0.2) is 0 Å². The largest absolute Gasteiger partial charge is 0.384 e. The number of amidine groups is 1. The second-order valence-electron chi connectivity index (χ2n) is 4.16. The first kappa shape index (κ1) is 12.7. The molecule has 0 bridgehead atoms. The second-order valence-corrected chi connectivity index (χ2v) is 5.21. The van der Waals surface area contributed by atoms with Crippen LogP contribution in [0, 0.1) is 12.3 Å². The molecule has 0 aliphatic carbocycles. The Morgan fingerprint density at radius 1 is 1.17 bits per heavy atom. The van der Waals surface area contributed by atoms with Crippen molar-refractivity contribution in [2.45, 2.75) is 17.6 Å². The van der Waals surface area contributed by atoms with E-state index in [1.54, 1.807) is 11.8 Å². The fourth-order valence-electron chi connectivity index (χ4n) is 1.77. The van der Waals surface area contributed by atoms with Crippen molar-refractivity contribution in [3.05, 3.63) is 65.2 Å². The van der Waals surface area contributed by atoms with Crippen molar-refractivity contribution < 1.29 is 0 Å². The summed E-state index contributed by atoms with van der Waals surface area (Å²) < 4.78 is 0. The van der Waals surface area contributed by atoms with Gasteiger partial charge >= 0.3 is 0 Å². The molecule has 2 nitrogen and oxygen atoms in total. The van der Waals surface area contributed by atoms with E-state index >= 15 is 0 Å². The quantitative estimate of drug-likeness (QED) is 0.499. The van der Waals surface area contributed by atoms with E-state index in [1.165, 1.54) is 10.5 Å². The fourth-order valence-corrected chi connectivity index (χ4v) is 2.72. The molecule has 18 heavy (non-hydrogen) atoms. The third-order valence-corrected chi connectivity index (χ3v) is 3.80. The molecule has 0 unspecified atom stereocenters. The molecule has 3 heteroatoms. The van der Waals surface area contributed by atoms with Crippen LogP contribution in [0.15, 0.2) is 53.4 Å². The summed E-state index contributed by atoms with van der Waals surface area (Å²) in [5, 5.41) is 7.45. The van der Waals surface area contributed by atoms with Gasteiger partial charge in [0.15, 0.2) is 0 Å². The summed E-state index contributed by atoms with van der Waals surface area (Å²) in [6.45, 7) is 1.99. The van der Waals surface area contributed by atoms with Crippen molar-refractivity contribution in [2.75, 3.05) is 0 Å². The fraction of sp³-hybridized carbons (Fsp3) is 0.133. The van der Waals surface area contributed by atoms with Gasteiger partial charge in [-0.05, 0) is 36.2 Å². The average molecular weight is 256 g/mol. The molecule has 0 saturated heterocycles. The van der Waals surface area contributed by atoms with E-state index in [1.807, 2.05) is 25.1 Å². The number of rotatable bonds is 4. The van der Waals surface area contributed by atoms with E-state index in [0.29, 0.717) is 0 Å². The maximum Gasteiger partial charge on any atom is 0.123 e. The summed E-state index contributed by atoms with van der Waals surface area (Å²) in [6.07, 6.45) is 0. The molecule has 0 aromatic heterocycles. The van der Waals surface area contributed by atoms with Gasteiger partial charge in [0.25, 0.3) is 0 Å². The number of nitrogen functional groups attached to an aromatic ring is 1. The number of nitrogens with two attached hydrogens (primary N) is 1. The predicted octanol–water partition coefficient (Wildman–Crippen LogP) is 3.57. The van der Waals surface area contributed by atoms with Gasteiger partial charge in [0.05, 0.1) is 0 Å². The number of hydrogen-bond acceptors (Lipinski definition) is 2. The third-order valence-electron chi connectivity index (χ3n) is 2.74. The maximum absolute atomic E-state index is 7.45. The number of hydrogen-bond donors (Lipinski definition) is 2. The molecule has 2 aromatic carbocycles. The van der Waals surface area contributed by atoms with Gasteiger partial charge < -0.3 is 5.73 Å².